The van der Waals surface area contributed by atoms with Crippen molar-refractivity contribution in [3.8, 4) is 6.07 Å². The van der Waals surface area contributed by atoms with E-state index in [-0.39, 0.29) is 28.4 Å². The molecule has 0 spiro atoms. The second kappa shape index (κ2) is 9.82. The molecule has 2 aliphatic heterocycles. The predicted molar refractivity (Wildman–Crippen MR) is 138 cm³/mol. The number of halogens is 1. The molecule has 0 aliphatic carbocycles. The number of nitriles is 1. The van der Waals surface area contributed by atoms with Crippen LogP contribution in [0.25, 0.3) is 0 Å². The van der Waals surface area contributed by atoms with Crippen molar-refractivity contribution in [1.82, 2.24) is 0 Å². The number of rotatable bonds is 5. The first kappa shape index (κ1) is 24.3. The lowest BCUT2D eigenvalue weighted by Crippen LogP contribution is -2.37. The van der Waals surface area contributed by atoms with E-state index in [1.807, 2.05) is 35.2 Å². The number of carbonyl (C=O) groups excluding carboxylic acids is 1. The zero-order chi connectivity index (χ0) is 24.5. The van der Waals surface area contributed by atoms with Crippen molar-refractivity contribution in [3.05, 3.63) is 70.9 Å². The van der Waals surface area contributed by atoms with Gasteiger partial charge in [-0.05, 0) is 47.9 Å². The minimum atomic E-state index is -3.14. The maximum absolute atomic E-state index is 12.6. The second-order valence-corrected chi connectivity index (χ2v) is 12.2. The number of benzene rings is 2. The topological polar surface area (TPSA) is 103 Å². The fourth-order valence-electron chi connectivity index (χ4n) is 3.89. The van der Waals surface area contributed by atoms with E-state index in [9.17, 15) is 18.5 Å². The quantitative estimate of drug-likeness (QED) is 0.462. The average molecular weight is 515 g/mol. The number of hydrogen-bond donors (Lipinski definition) is 1. The first-order valence-corrected chi connectivity index (χ1v) is 13.8. The van der Waals surface area contributed by atoms with Crippen LogP contribution in [0.3, 0.4) is 0 Å². The first-order valence-electron chi connectivity index (χ1n) is 10.7. The Hall–Kier alpha value is -2.80. The summed E-state index contributed by atoms with van der Waals surface area (Å²) in [7, 11) is -3.14. The average Bonchev–Trinajstić information content (AvgIpc) is 3.26. The lowest BCUT2D eigenvalue weighted by atomic mass is 10.0. The molecule has 176 valence electrons. The number of aliphatic imine (C=N–C) groups is 1. The van der Waals surface area contributed by atoms with E-state index in [1.54, 1.807) is 24.3 Å². The van der Waals surface area contributed by atoms with E-state index >= 15 is 0 Å². The molecular formula is C24H23ClN4O3S2. The lowest BCUT2D eigenvalue weighted by molar-refractivity contribution is -0.112. The van der Waals surface area contributed by atoms with Crippen LogP contribution in [0.2, 0.25) is 5.02 Å². The number of anilines is 2. The van der Waals surface area contributed by atoms with Crippen LogP contribution in [-0.2, 0) is 14.6 Å². The molecule has 0 bridgehead atoms. The standard InChI is InChI=1S/C24H23ClN4O3S2/c1-15(2)16-3-9-20(10-4-16)29-21-13-34(31,32)14-22(21)33-24(29)27-12-17(11-26)23(30)28-19-7-5-18(25)6-8-19/h3-10,12,15,21-22H,13-14H2,1-2H3,(H,28,30)/b17-12+,27-24?/t21-,22+/m1/s1. The molecule has 34 heavy (non-hydrogen) atoms. The van der Waals surface area contributed by atoms with Crippen molar-refractivity contribution < 1.29 is 13.2 Å². The first-order chi connectivity index (χ1) is 16.2. The highest BCUT2D eigenvalue weighted by atomic mass is 35.5. The van der Waals surface area contributed by atoms with E-state index in [4.69, 9.17) is 11.6 Å². The van der Waals surface area contributed by atoms with E-state index < -0.39 is 15.7 Å². The van der Waals surface area contributed by atoms with Crippen LogP contribution in [0, 0.1) is 11.3 Å². The van der Waals surface area contributed by atoms with Gasteiger partial charge in [0.05, 0.1) is 23.7 Å². The largest absolute Gasteiger partial charge is 0.321 e. The van der Waals surface area contributed by atoms with Crippen molar-refractivity contribution in [2.24, 2.45) is 4.99 Å². The molecule has 4 rings (SSSR count). The monoisotopic (exact) mass is 514 g/mol. The summed E-state index contributed by atoms with van der Waals surface area (Å²) >= 11 is 7.23. The molecule has 0 saturated carbocycles. The zero-order valence-corrected chi connectivity index (χ0v) is 21.0. The molecular weight excluding hydrogens is 492 g/mol. The molecule has 2 aliphatic rings. The number of hydrogen-bond acceptors (Lipinski definition) is 6. The van der Waals surface area contributed by atoms with Gasteiger partial charge in [-0.15, -0.1) is 0 Å². The lowest BCUT2D eigenvalue weighted by Gasteiger charge is -2.25. The van der Waals surface area contributed by atoms with Crippen LogP contribution >= 0.6 is 23.4 Å². The molecule has 2 fully saturated rings. The Balaban J connectivity index is 1.62. The normalized spacial score (nSPS) is 22.6. The van der Waals surface area contributed by atoms with Gasteiger partial charge in [0.1, 0.15) is 11.6 Å². The molecule has 2 heterocycles. The number of thioether (sulfide) groups is 1. The molecule has 2 aromatic rings. The Morgan fingerprint density at radius 3 is 2.50 bits per heavy atom. The van der Waals surface area contributed by atoms with Gasteiger partial charge in [0.25, 0.3) is 5.91 Å². The van der Waals surface area contributed by atoms with Crippen LogP contribution in [-0.4, -0.2) is 42.3 Å². The Labute approximate surface area is 208 Å². The van der Waals surface area contributed by atoms with Crippen LogP contribution in [0.1, 0.15) is 25.3 Å². The molecule has 10 heteroatoms. The van der Waals surface area contributed by atoms with E-state index in [2.05, 4.69) is 24.2 Å². The highest BCUT2D eigenvalue weighted by Crippen LogP contribution is 2.41. The summed E-state index contributed by atoms with van der Waals surface area (Å²) in [5, 5.41) is 13.1. The molecule has 2 aromatic carbocycles. The van der Waals surface area contributed by atoms with Gasteiger partial charge in [-0.25, -0.2) is 13.4 Å². The van der Waals surface area contributed by atoms with Crippen molar-refractivity contribution in [1.29, 1.82) is 5.26 Å². The molecule has 2 saturated heterocycles. The summed E-state index contributed by atoms with van der Waals surface area (Å²) in [6.07, 6.45) is 1.23. The van der Waals surface area contributed by atoms with Gasteiger partial charge in [-0.3, -0.25) is 4.79 Å². The van der Waals surface area contributed by atoms with Crippen LogP contribution in [0.15, 0.2) is 65.3 Å². The minimum Gasteiger partial charge on any atom is -0.321 e. The summed E-state index contributed by atoms with van der Waals surface area (Å²) in [6, 6.07) is 16.1. The number of nitrogens with zero attached hydrogens (tertiary/aromatic N) is 3. The number of amides is 1. The van der Waals surface area contributed by atoms with Gasteiger partial charge < -0.3 is 10.2 Å². The maximum Gasteiger partial charge on any atom is 0.267 e. The van der Waals surface area contributed by atoms with Crippen LogP contribution in [0.4, 0.5) is 11.4 Å². The van der Waals surface area contributed by atoms with Crippen LogP contribution < -0.4 is 10.2 Å². The zero-order valence-electron chi connectivity index (χ0n) is 18.6. The third kappa shape index (κ3) is 5.30. The molecule has 0 aromatic heterocycles. The van der Waals surface area contributed by atoms with Gasteiger partial charge >= 0.3 is 0 Å². The molecule has 0 unspecified atom stereocenters. The van der Waals surface area contributed by atoms with E-state index in [0.29, 0.717) is 21.8 Å². The summed E-state index contributed by atoms with van der Waals surface area (Å²) in [4.78, 5) is 18.9. The summed E-state index contributed by atoms with van der Waals surface area (Å²) in [5.41, 5.74) is 2.35. The van der Waals surface area contributed by atoms with Crippen LogP contribution in [0.5, 0.6) is 0 Å². The summed E-state index contributed by atoms with van der Waals surface area (Å²) < 4.78 is 24.5. The number of sulfone groups is 1. The van der Waals surface area contributed by atoms with E-state index in [1.165, 1.54) is 23.5 Å². The minimum absolute atomic E-state index is 0.0431. The Morgan fingerprint density at radius 1 is 1.21 bits per heavy atom. The molecule has 1 amide bonds. The van der Waals surface area contributed by atoms with E-state index in [0.717, 1.165) is 5.69 Å². The van der Waals surface area contributed by atoms with Crippen molar-refractivity contribution in [3.63, 3.8) is 0 Å². The fraction of sp³-hybridized carbons (Fsp3) is 0.292. The molecule has 7 nitrogen and oxygen atoms in total. The van der Waals surface area contributed by atoms with Gasteiger partial charge in [0.2, 0.25) is 0 Å². The summed E-state index contributed by atoms with van der Waals surface area (Å²) in [6.45, 7) is 4.22. The summed E-state index contributed by atoms with van der Waals surface area (Å²) in [5.74, 6) is -0.0993. The highest BCUT2D eigenvalue weighted by molar-refractivity contribution is 8.16. The van der Waals surface area contributed by atoms with Gasteiger partial charge in [-0.1, -0.05) is 49.3 Å². The predicted octanol–water partition coefficient (Wildman–Crippen LogP) is 4.58. The number of carbonyl (C=O) groups is 1. The molecule has 2 atom stereocenters. The number of fused-ring (bicyclic) bond motifs is 1. The van der Waals surface area contributed by atoms with Gasteiger partial charge in [0.15, 0.2) is 15.0 Å². The Morgan fingerprint density at radius 2 is 1.88 bits per heavy atom. The molecule has 0 radical (unpaired) electrons. The van der Waals surface area contributed by atoms with Crippen molar-refractivity contribution >= 4 is 55.6 Å². The second-order valence-electron chi connectivity index (χ2n) is 8.44. The van der Waals surface area contributed by atoms with Crippen molar-refractivity contribution in [2.75, 3.05) is 21.7 Å². The highest BCUT2D eigenvalue weighted by Gasteiger charge is 2.49. The smallest absolute Gasteiger partial charge is 0.267 e. The Kier molecular flexibility index (Phi) is 7.03. The maximum atomic E-state index is 12.6. The number of nitrogens with one attached hydrogen (secondary N) is 1. The third-order valence-corrected chi connectivity index (χ3v) is 9.15. The molecule has 1 N–H and O–H groups in total. The Bertz CT molecular complexity index is 1300. The van der Waals surface area contributed by atoms with Crippen molar-refractivity contribution in [2.45, 2.75) is 31.1 Å². The SMILES string of the molecule is CC(C)c1ccc(N2C(=N/C=C(\C#N)C(=O)Nc3ccc(Cl)cc3)S[C@H]3CS(=O)(=O)C[C@H]32)cc1. The van der Waals surface area contributed by atoms with Gasteiger partial charge in [0, 0.05) is 21.6 Å². The number of amidine groups is 1. The van der Waals surface area contributed by atoms with Gasteiger partial charge in [-0.2, -0.15) is 5.26 Å². The fourth-order valence-corrected chi connectivity index (χ4v) is 7.90. The third-order valence-electron chi connectivity index (χ3n) is 5.68.